The van der Waals surface area contributed by atoms with Crippen molar-refractivity contribution in [3.63, 3.8) is 0 Å². The third-order valence-corrected chi connectivity index (χ3v) is 2.51. The molecule has 0 radical (unpaired) electrons. The molecule has 1 amide bonds. The largest absolute Gasteiger partial charge is 0.383 e. The molecule has 1 aromatic heterocycles. The second kappa shape index (κ2) is 4.40. The molecule has 2 aromatic rings. The molecule has 0 saturated heterocycles. The third-order valence-electron chi connectivity index (χ3n) is 2.51. The first-order chi connectivity index (χ1) is 8.49. The Morgan fingerprint density at radius 2 is 2.11 bits per heavy atom. The summed E-state index contributed by atoms with van der Waals surface area (Å²) in [6.45, 7) is 1.74. The van der Waals surface area contributed by atoms with Crippen LogP contribution in [0, 0.1) is 12.7 Å². The Hall–Kier alpha value is -2.50. The second-order valence-corrected chi connectivity index (χ2v) is 3.82. The summed E-state index contributed by atoms with van der Waals surface area (Å²) in [5.74, 6) is -0.681. The van der Waals surface area contributed by atoms with E-state index in [1.807, 2.05) is 0 Å². The highest BCUT2D eigenvalue weighted by molar-refractivity contribution is 5.96. The summed E-state index contributed by atoms with van der Waals surface area (Å²) in [5, 5.41) is 0. The lowest BCUT2D eigenvalue weighted by Gasteiger charge is -2.06. The quantitative estimate of drug-likeness (QED) is 0.834. The number of nitrogens with zero attached hydrogens (tertiary/aromatic N) is 2. The van der Waals surface area contributed by atoms with E-state index in [1.165, 1.54) is 18.3 Å². The van der Waals surface area contributed by atoms with Gasteiger partial charge >= 0.3 is 0 Å². The summed E-state index contributed by atoms with van der Waals surface area (Å²) < 4.78 is 13.0. The van der Waals surface area contributed by atoms with E-state index >= 15 is 0 Å². The van der Waals surface area contributed by atoms with Crippen molar-refractivity contribution in [2.75, 3.05) is 5.73 Å². The molecule has 0 bridgehead atoms. The highest BCUT2D eigenvalue weighted by Gasteiger charge is 2.11. The number of rotatable bonds is 2. The predicted molar refractivity (Wildman–Crippen MR) is 65.1 cm³/mol. The number of aromatic nitrogens is 2. The fourth-order valence-electron chi connectivity index (χ4n) is 1.59. The average Bonchev–Trinajstić information content (AvgIpc) is 2.28. The molecule has 0 aliphatic rings. The van der Waals surface area contributed by atoms with Crippen LogP contribution in [0.15, 0.2) is 24.4 Å². The Morgan fingerprint density at radius 3 is 2.67 bits per heavy atom. The zero-order valence-corrected chi connectivity index (χ0v) is 9.64. The van der Waals surface area contributed by atoms with Crippen molar-refractivity contribution in [3.8, 4) is 11.4 Å². The molecule has 0 unspecified atom stereocenters. The van der Waals surface area contributed by atoms with Crippen LogP contribution < -0.4 is 11.5 Å². The molecule has 1 heterocycles. The van der Waals surface area contributed by atoms with Crippen molar-refractivity contribution >= 4 is 11.7 Å². The first kappa shape index (κ1) is 12.0. The van der Waals surface area contributed by atoms with Crippen molar-refractivity contribution < 1.29 is 9.18 Å². The molecular formula is C12H11FN4O. The molecule has 4 N–H and O–H groups in total. The highest BCUT2D eigenvalue weighted by atomic mass is 19.1. The molecule has 0 aliphatic heterocycles. The summed E-state index contributed by atoms with van der Waals surface area (Å²) in [6, 6.07) is 4.24. The Kier molecular flexibility index (Phi) is 2.93. The fraction of sp³-hybridized carbons (Fsp3) is 0.0833. The van der Waals surface area contributed by atoms with E-state index in [-0.39, 0.29) is 17.2 Å². The number of aryl methyl sites for hydroxylation is 1. The maximum atomic E-state index is 13.0. The van der Waals surface area contributed by atoms with Crippen molar-refractivity contribution in [3.05, 3.63) is 41.3 Å². The van der Waals surface area contributed by atoms with E-state index in [1.54, 1.807) is 13.0 Å². The van der Waals surface area contributed by atoms with E-state index in [4.69, 9.17) is 11.5 Å². The Balaban J connectivity index is 2.52. The average molecular weight is 246 g/mol. The van der Waals surface area contributed by atoms with Crippen molar-refractivity contribution in [1.29, 1.82) is 0 Å². The summed E-state index contributed by atoms with van der Waals surface area (Å²) in [5.41, 5.74) is 12.1. The molecule has 18 heavy (non-hydrogen) atoms. The van der Waals surface area contributed by atoms with Gasteiger partial charge in [0.2, 0.25) is 0 Å². The lowest BCUT2D eigenvalue weighted by molar-refractivity contribution is 0.100. The van der Waals surface area contributed by atoms with Crippen LogP contribution in [0.2, 0.25) is 0 Å². The summed E-state index contributed by atoms with van der Waals surface area (Å²) in [4.78, 5) is 19.0. The van der Waals surface area contributed by atoms with Gasteiger partial charge in [-0.05, 0) is 30.7 Å². The normalized spacial score (nSPS) is 10.3. The standard InChI is InChI=1S/C12H11FN4O/c1-6-4-7(13)2-3-8(6)12-16-5-9(11(15)18)10(14)17-12/h2-5H,1H3,(H2,15,18)(H2,14,16,17). The lowest BCUT2D eigenvalue weighted by atomic mass is 10.1. The molecule has 0 aliphatic carbocycles. The number of anilines is 1. The number of nitrogens with two attached hydrogens (primary N) is 2. The first-order valence-corrected chi connectivity index (χ1v) is 5.18. The molecule has 6 heteroatoms. The number of hydrogen-bond donors (Lipinski definition) is 2. The van der Waals surface area contributed by atoms with Gasteiger partial charge < -0.3 is 11.5 Å². The number of halogens is 1. The van der Waals surface area contributed by atoms with Crippen LogP contribution in [0.1, 0.15) is 15.9 Å². The zero-order chi connectivity index (χ0) is 13.3. The monoisotopic (exact) mass is 246 g/mol. The Bertz CT molecular complexity index is 627. The van der Waals surface area contributed by atoms with E-state index in [0.29, 0.717) is 17.0 Å². The maximum Gasteiger partial charge on any atom is 0.254 e. The maximum absolute atomic E-state index is 13.0. The molecule has 0 fully saturated rings. The molecule has 5 nitrogen and oxygen atoms in total. The number of primary amides is 1. The smallest absolute Gasteiger partial charge is 0.254 e. The lowest BCUT2D eigenvalue weighted by Crippen LogP contribution is -2.15. The Labute approximate surface area is 103 Å². The van der Waals surface area contributed by atoms with Crippen molar-refractivity contribution in [1.82, 2.24) is 9.97 Å². The summed E-state index contributed by atoms with van der Waals surface area (Å²) >= 11 is 0. The minimum absolute atomic E-state index is 0.0104. The SMILES string of the molecule is Cc1cc(F)ccc1-c1ncc(C(N)=O)c(N)n1. The van der Waals surface area contributed by atoms with Gasteiger partial charge in [-0.25, -0.2) is 14.4 Å². The number of nitrogen functional groups attached to an aromatic ring is 1. The van der Waals surface area contributed by atoms with Gasteiger partial charge in [0.25, 0.3) is 5.91 Å². The van der Waals surface area contributed by atoms with Gasteiger partial charge in [-0.1, -0.05) is 0 Å². The van der Waals surface area contributed by atoms with Crippen LogP contribution >= 0.6 is 0 Å². The number of benzene rings is 1. The zero-order valence-electron chi connectivity index (χ0n) is 9.64. The molecule has 92 valence electrons. The van der Waals surface area contributed by atoms with E-state index in [0.717, 1.165) is 0 Å². The van der Waals surface area contributed by atoms with Crippen molar-refractivity contribution in [2.24, 2.45) is 5.73 Å². The third kappa shape index (κ3) is 2.13. The van der Waals surface area contributed by atoms with Gasteiger partial charge in [0, 0.05) is 11.8 Å². The van der Waals surface area contributed by atoms with Gasteiger partial charge in [0.05, 0.1) is 5.56 Å². The number of amides is 1. The van der Waals surface area contributed by atoms with Crippen LogP contribution in [-0.2, 0) is 0 Å². The summed E-state index contributed by atoms with van der Waals surface area (Å²) in [7, 11) is 0. The summed E-state index contributed by atoms with van der Waals surface area (Å²) in [6.07, 6.45) is 1.27. The van der Waals surface area contributed by atoms with Crippen LogP contribution in [0.5, 0.6) is 0 Å². The van der Waals surface area contributed by atoms with Crippen molar-refractivity contribution in [2.45, 2.75) is 6.92 Å². The second-order valence-electron chi connectivity index (χ2n) is 3.82. The molecule has 2 rings (SSSR count). The Morgan fingerprint density at radius 1 is 1.39 bits per heavy atom. The van der Waals surface area contributed by atoms with E-state index in [2.05, 4.69) is 9.97 Å². The van der Waals surface area contributed by atoms with Gasteiger partial charge in [-0.3, -0.25) is 4.79 Å². The minimum Gasteiger partial charge on any atom is -0.383 e. The predicted octanol–water partition coefficient (Wildman–Crippen LogP) is 1.27. The van der Waals surface area contributed by atoms with Gasteiger partial charge in [-0.2, -0.15) is 0 Å². The number of carbonyl (C=O) groups is 1. The first-order valence-electron chi connectivity index (χ1n) is 5.18. The topological polar surface area (TPSA) is 94.9 Å². The molecule has 0 saturated carbocycles. The molecular weight excluding hydrogens is 235 g/mol. The number of hydrogen-bond acceptors (Lipinski definition) is 4. The molecule has 0 atom stereocenters. The fourth-order valence-corrected chi connectivity index (χ4v) is 1.59. The van der Waals surface area contributed by atoms with Gasteiger partial charge in [0.1, 0.15) is 11.6 Å². The van der Waals surface area contributed by atoms with E-state index < -0.39 is 5.91 Å². The van der Waals surface area contributed by atoms with Gasteiger partial charge in [0.15, 0.2) is 5.82 Å². The molecule has 0 spiro atoms. The van der Waals surface area contributed by atoms with Gasteiger partial charge in [-0.15, -0.1) is 0 Å². The molecule has 1 aromatic carbocycles. The van der Waals surface area contributed by atoms with Crippen LogP contribution in [-0.4, -0.2) is 15.9 Å². The number of carbonyl (C=O) groups excluding carboxylic acids is 1. The van der Waals surface area contributed by atoms with Crippen LogP contribution in [0.4, 0.5) is 10.2 Å². The highest BCUT2D eigenvalue weighted by Crippen LogP contribution is 2.22. The van der Waals surface area contributed by atoms with Crippen LogP contribution in [0.3, 0.4) is 0 Å². The minimum atomic E-state index is -0.685. The van der Waals surface area contributed by atoms with Crippen LogP contribution in [0.25, 0.3) is 11.4 Å². The van der Waals surface area contributed by atoms with E-state index in [9.17, 15) is 9.18 Å².